The number of carbonyl (C=O) groups excluding carboxylic acids is 1. The highest BCUT2D eigenvalue weighted by Crippen LogP contribution is 2.26. The quantitative estimate of drug-likeness (QED) is 0.668. The maximum Gasteiger partial charge on any atom is 0.243 e. The second-order valence-corrected chi connectivity index (χ2v) is 10.5. The molecule has 1 amide bonds. The third-order valence-electron chi connectivity index (χ3n) is 4.68. The number of hydrogen-bond donors (Lipinski definition) is 0. The lowest BCUT2D eigenvalue weighted by Crippen LogP contribution is -2.52. The van der Waals surface area contributed by atoms with E-state index >= 15 is 0 Å². The second-order valence-electron chi connectivity index (χ2n) is 6.76. The highest BCUT2D eigenvalue weighted by molar-refractivity contribution is 8.00. The van der Waals surface area contributed by atoms with E-state index in [0.29, 0.717) is 36.1 Å². The summed E-state index contributed by atoms with van der Waals surface area (Å²) in [5.41, 5.74) is 1.02. The SMILES string of the molecule is Cc1ccc(S(=O)(=O)N2CCN(C(=O)[C@@H](C)Sc3ccc(Cl)cc3)CC2)cc1. The molecule has 8 heteroatoms. The van der Waals surface area contributed by atoms with Gasteiger partial charge in [-0.1, -0.05) is 29.3 Å². The summed E-state index contributed by atoms with van der Waals surface area (Å²) in [6, 6.07) is 14.2. The topological polar surface area (TPSA) is 57.7 Å². The van der Waals surface area contributed by atoms with Crippen LogP contribution in [0.25, 0.3) is 0 Å². The molecule has 0 bridgehead atoms. The summed E-state index contributed by atoms with van der Waals surface area (Å²) in [7, 11) is -3.52. The van der Waals surface area contributed by atoms with Crippen LogP contribution in [0.3, 0.4) is 0 Å². The standard InChI is InChI=1S/C20H23ClN2O3S2/c1-15-3-9-19(10-4-15)28(25,26)23-13-11-22(12-14-23)20(24)16(2)27-18-7-5-17(21)6-8-18/h3-10,16H,11-14H2,1-2H3/t16-/m1/s1. The van der Waals surface area contributed by atoms with E-state index in [9.17, 15) is 13.2 Å². The van der Waals surface area contributed by atoms with Gasteiger partial charge in [-0.05, 0) is 50.2 Å². The van der Waals surface area contributed by atoms with Gasteiger partial charge in [0.25, 0.3) is 0 Å². The fourth-order valence-electron chi connectivity index (χ4n) is 3.03. The van der Waals surface area contributed by atoms with E-state index in [0.717, 1.165) is 10.5 Å². The summed E-state index contributed by atoms with van der Waals surface area (Å²) in [5, 5.41) is 0.413. The molecule has 2 aromatic carbocycles. The molecule has 0 aliphatic carbocycles. The zero-order chi connectivity index (χ0) is 20.3. The van der Waals surface area contributed by atoms with Crippen molar-refractivity contribution in [2.75, 3.05) is 26.2 Å². The molecular weight excluding hydrogens is 416 g/mol. The van der Waals surface area contributed by atoms with E-state index in [2.05, 4.69) is 0 Å². The first-order chi connectivity index (χ1) is 13.3. The first kappa shape index (κ1) is 21.2. The van der Waals surface area contributed by atoms with Gasteiger partial charge in [0.2, 0.25) is 15.9 Å². The highest BCUT2D eigenvalue weighted by atomic mass is 35.5. The van der Waals surface area contributed by atoms with Gasteiger partial charge < -0.3 is 4.90 Å². The van der Waals surface area contributed by atoms with Crippen LogP contribution in [-0.2, 0) is 14.8 Å². The molecule has 1 aliphatic heterocycles. The van der Waals surface area contributed by atoms with Crippen LogP contribution >= 0.6 is 23.4 Å². The Morgan fingerprint density at radius 1 is 1.00 bits per heavy atom. The molecule has 2 aromatic rings. The van der Waals surface area contributed by atoms with E-state index in [4.69, 9.17) is 11.6 Å². The molecule has 150 valence electrons. The Morgan fingerprint density at radius 2 is 1.57 bits per heavy atom. The van der Waals surface area contributed by atoms with Crippen LogP contribution in [0.1, 0.15) is 12.5 Å². The number of piperazine rings is 1. The Hall–Kier alpha value is -1.54. The number of rotatable bonds is 5. The number of hydrogen-bond acceptors (Lipinski definition) is 4. The van der Waals surface area contributed by atoms with Crippen LogP contribution in [-0.4, -0.2) is 55.0 Å². The summed E-state index contributed by atoms with van der Waals surface area (Å²) in [4.78, 5) is 15.8. The van der Waals surface area contributed by atoms with Gasteiger partial charge in [-0.25, -0.2) is 8.42 Å². The van der Waals surface area contributed by atoms with Gasteiger partial charge in [0.05, 0.1) is 10.1 Å². The van der Waals surface area contributed by atoms with E-state index in [1.807, 2.05) is 26.0 Å². The predicted octanol–water partition coefficient (Wildman–Crippen LogP) is 3.66. The highest BCUT2D eigenvalue weighted by Gasteiger charge is 2.31. The molecule has 0 unspecified atom stereocenters. The van der Waals surface area contributed by atoms with E-state index in [1.54, 1.807) is 41.3 Å². The summed E-state index contributed by atoms with van der Waals surface area (Å²) < 4.78 is 27.0. The fourth-order valence-corrected chi connectivity index (χ4v) is 5.53. The van der Waals surface area contributed by atoms with Gasteiger partial charge in [-0.2, -0.15) is 4.31 Å². The first-order valence-electron chi connectivity index (χ1n) is 9.05. The van der Waals surface area contributed by atoms with E-state index in [-0.39, 0.29) is 11.2 Å². The average molecular weight is 439 g/mol. The van der Waals surface area contributed by atoms with Gasteiger partial charge in [0, 0.05) is 36.1 Å². The van der Waals surface area contributed by atoms with Crippen LogP contribution in [0, 0.1) is 6.92 Å². The minimum Gasteiger partial charge on any atom is -0.339 e. The third-order valence-corrected chi connectivity index (χ3v) is 7.95. The molecular formula is C20H23ClN2O3S2. The van der Waals surface area contributed by atoms with Crippen molar-refractivity contribution in [3.8, 4) is 0 Å². The van der Waals surface area contributed by atoms with Crippen LogP contribution in [0.2, 0.25) is 5.02 Å². The molecule has 0 aromatic heterocycles. The van der Waals surface area contributed by atoms with Crippen molar-refractivity contribution in [2.24, 2.45) is 0 Å². The number of benzene rings is 2. The summed E-state index contributed by atoms with van der Waals surface area (Å²) >= 11 is 7.37. The number of carbonyl (C=O) groups is 1. The summed E-state index contributed by atoms with van der Waals surface area (Å²) in [5.74, 6) is 0.0207. The zero-order valence-corrected chi connectivity index (χ0v) is 18.2. The fraction of sp³-hybridized carbons (Fsp3) is 0.350. The van der Waals surface area contributed by atoms with Crippen LogP contribution in [0.4, 0.5) is 0 Å². The van der Waals surface area contributed by atoms with E-state index in [1.165, 1.54) is 16.1 Å². The zero-order valence-electron chi connectivity index (χ0n) is 15.8. The molecule has 1 heterocycles. The molecule has 0 N–H and O–H groups in total. The van der Waals surface area contributed by atoms with Crippen molar-refractivity contribution in [1.29, 1.82) is 0 Å². The normalized spacial score (nSPS) is 16.8. The van der Waals surface area contributed by atoms with Crippen LogP contribution < -0.4 is 0 Å². The van der Waals surface area contributed by atoms with Crippen molar-refractivity contribution >= 4 is 39.3 Å². The molecule has 3 rings (SSSR count). The van der Waals surface area contributed by atoms with Gasteiger partial charge in [-0.15, -0.1) is 11.8 Å². The third kappa shape index (κ3) is 4.89. The molecule has 0 spiro atoms. The average Bonchev–Trinajstić information content (AvgIpc) is 2.69. The molecule has 1 aliphatic rings. The predicted molar refractivity (Wildman–Crippen MR) is 113 cm³/mol. The monoisotopic (exact) mass is 438 g/mol. The molecule has 0 saturated carbocycles. The van der Waals surface area contributed by atoms with Crippen molar-refractivity contribution in [1.82, 2.24) is 9.21 Å². The maximum atomic E-state index is 12.8. The van der Waals surface area contributed by atoms with Gasteiger partial charge in [-0.3, -0.25) is 4.79 Å². The maximum absolute atomic E-state index is 12.8. The Morgan fingerprint density at radius 3 is 2.14 bits per heavy atom. The van der Waals surface area contributed by atoms with Crippen molar-refractivity contribution < 1.29 is 13.2 Å². The molecule has 1 atom stereocenters. The number of aryl methyl sites for hydroxylation is 1. The van der Waals surface area contributed by atoms with Gasteiger partial charge in [0.1, 0.15) is 0 Å². The molecule has 0 radical (unpaired) electrons. The number of amides is 1. The molecule has 1 fully saturated rings. The lowest BCUT2D eigenvalue weighted by atomic mass is 10.2. The summed E-state index contributed by atoms with van der Waals surface area (Å²) in [6.45, 7) is 5.20. The van der Waals surface area contributed by atoms with E-state index < -0.39 is 10.0 Å². The summed E-state index contributed by atoms with van der Waals surface area (Å²) in [6.07, 6.45) is 0. The Kier molecular flexibility index (Phi) is 6.70. The van der Waals surface area contributed by atoms with Gasteiger partial charge >= 0.3 is 0 Å². The lowest BCUT2D eigenvalue weighted by molar-refractivity contribution is -0.131. The van der Waals surface area contributed by atoms with Crippen LogP contribution in [0.15, 0.2) is 58.3 Å². The lowest BCUT2D eigenvalue weighted by Gasteiger charge is -2.35. The van der Waals surface area contributed by atoms with Gasteiger partial charge in [0.15, 0.2) is 0 Å². The minimum absolute atomic E-state index is 0.0207. The number of nitrogens with zero attached hydrogens (tertiary/aromatic N) is 2. The Bertz CT molecular complexity index is 923. The first-order valence-corrected chi connectivity index (χ1v) is 11.7. The second kappa shape index (κ2) is 8.86. The minimum atomic E-state index is -3.52. The number of halogens is 1. The molecule has 5 nitrogen and oxygen atoms in total. The molecule has 1 saturated heterocycles. The number of thioether (sulfide) groups is 1. The van der Waals surface area contributed by atoms with Crippen molar-refractivity contribution in [3.63, 3.8) is 0 Å². The van der Waals surface area contributed by atoms with Crippen molar-refractivity contribution in [2.45, 2.75) is 28.9 Å². The number of sulfonamides is 1. The Labute approximate surface area is 175 Å². The molecule has 28 heavy (non-hydrogen) atoms. The van der Waals surface area contributed by atoms with Crippen LogP contribution in [0.5, 0.6) is 0 Å². The largest absolute Gasteiger partial charge is 0.339 e. The van der Waals surface area contributed by atoms with Crippen molar-refractivity contribution in [3.05, 3.63) is 59.1 Å². The smallest absolute Gasteiger partial charge is 0.243 e. The Balaban J connectivity index is 1.58.